The number of aliphatic imine (C=N–C) groups is 1. The molecule has 2 aromatic rings. The summed E-state index contributed by atoms with van der Waals surface area (Å²) >= 11 is 7.16. The summed E-state index contributed by atoms with van der Waals surface area (Å²) in [6.07, 6.45) is 2.57. The molecule has 2 aromatic carbocycles. The van der Waals surface area contributed by atoms with E-state index in [1.807, 2.05) is 24.3 Å². The number of aromatic hydroxyl groups is 1. The van der Waals surface area contributed by atoms with E-state index in [9.17, 15) is 9.90 Å². The molecule has 6 heteroatoms. The van der Waals surface area contributed by atoms with Gasteiger partial charge in [-0.05, 0) is 60.2 Å². The van der Waals surface area contributed by atoms with Crippen molar-refractivity contribution in [2.24, 2.45) is 4.99 Å². The number of hydrogen-bond donors (Lipinski definition) is 2. The molecular formula is C18H15ClN2O2S. The highest BCUT2D eigenvalue weighted by Crippen LogP contribution is 2.31. The van der Waals surface area contributed by atoms with E-state index >= 15 is 0 Å². The van der Waals surface area contributed by atoms with Crippen molar-refractivity contribution in [3.05, 3.63) is 63.5 Å². The monoisotopic (exact) mass is 358 g/mol. The standard InChI is InChI=1S/C18H15ClN2O2S/c1-2-11-3-6-14(7-4-11)20-18-21-17(23)16(24-18)10-12-9-13(19)5-8-15(12)22/h3-10,22H,2H2,1H3,(H,20,21,23). The Hall–Kier alpha value is -2.24. The van der Waals surface area contributed by atoms with Crippen LogP contribution in [-0.4, -0.2) is 16.2 Å². The van der Waals surface area contributed by atoms with Gasteiger partial charge < -0.3 is 10.4 Å². The lowest BCUT2D eigenvalue weighted by molar-refractivity contribution is -0.115. The summed E-state index contributed by atoms with van der Waals surface area (Å²) in [7, 11) is 0. The predicted molar refractivity (Wildman–Crippen MR) is 99.7 cm³/mol. The van der Waals surface area contributed by atoms with Gasteiger partial charge in [0.15, 0.2) is 5.17 Å². The summed E-state index contributed by atoms with van der Waals surface area (Å²) in [6, 6.07) is 12.6. The minimum absolute atomic E-state index is 0.0702. The average molecular weight is 359 g/mol. The molecule has 24 heavy (non-hydrogen) atoms. The number of rotatable bonds is 3. The minimum atomic E-state index is -0.247. The van der Waals surface area contributed by atoms with E-state index < -0.39 is 0 Å². The highest BCUT2D eigenvalue weighted by molar-refractivity contribution is 8.18. The maximum absolute atomic E-state index is 12.1. The number of carbonyl (C=O) groups is 1. The Bertz CT molecular complexity index is 845. The topological polar surface area (TPSA) is 61.7 Å². The first-order chi connectivity index (χ1) is 11.5. The molecule has 1 heterocycles. The van der Waals surface area contributed by atoms with Gasteiger partial charge in [-0.3, -0.25) is 4.79 Å². The third-order valence-corrected chi connectivity index (χ3v) is 4.65. The molecule has 3 rings (SSSR count). The second-order valence-corrected chi connectivity index (χ2v) is 6.67. The molecular weight excluding hydrogens is 344 g/mol. The molecule has 0 aromatic heterocycles. The van der Waals surface area contributed by atoms with E-state index in [-0.39, 0.29) is 11.7 Å². The Morgan fingerprint density at radius 3 is 2.71 bits per heavy atom. The van der Waals surface area contributed by atoms with Gasteiger partial charge in [-0.2, -0.15) is 0 Å². The van der Waals surface area contributed by atoms with Crippen molar-refractivity contribution in [2.45, 2.75) is 13.3 Å². The number of amidine groups is 1. The third kappa shape index (κ3) is 3.80. The summed E-state index contributed by atoms with van der Waals surface area (Å²) in [6.45, 7) is 2.09. The molecule has 0 unspecified atom stereocenters. The first-order valence-electron chi connectivity index (χ1n) is 7.42. The van der Waals surface area contributed by atoms with Crippen molar-refractivity contribution in [1.29, 1.82) is 0 Å². The number of phenols is 1. The number of amides is 1. The van der Waals surface area contributed by atoms with Crippen LogP contribution in [-0.2, 0) is 11.2 Å². The first-order valence-corrected chi connectivity index (χ1v) is 8.61. The fourth-order valence-electron chi connectivity index (χ4n) is 2.19. The summed E-state index contributed by atoms with van der Waals surface area (Å²) in [5.74, 6) is -0.177. The van der Waals surface area contributed by atoms with Crippen LogP contribution in [0.1, 0.15) is 18.1 Å². The van der Waals surface area contributed by atoms with Gasteiger partial charge in [0.1, 0.15) is 5.75 Å². The third-order valence-electron chi connectivity index (χ3n) is 3.50. The Kier molecular flexibility index (Phi) is 4.92. The van der Waals surface area contributed by atoms with Crippen molar-refractivity contribution in [3.8, 4) is 5.75 Å². The number of phenolic OH excluding ortho intramolecular Hbond substituents is 1. The Morgan fingerprint density at radius 2 is 2.00 bits per heavy atom. The zero-order chi connectivity index (χ0) is 17.1. The van der Waals surface area contributed by atoms with Gasteiger partial charge in [0.2, 0.25) is 0 Å². The minimum Gasteiger partial charge on any atom is -0.507 e. The van der Waals surface area contributed by atoms with Crippen molar-refractivity contribution in [2.75, 3.05) is 0 Å². The lowest BCUT2D eigenvalue weighted by atomic mass is 10.2. The van der Waals surface area contributed by atoms with Crippen LogP contribution in [0.2, 0.25) is 5.02 Å². The van der Waals surface area contributed by atoms with Crippen molar-refractivity contribution >= 4 is 46.2 Å². The highest BCUT2D eigenvalue weighted by atomic mass is 35.5. The number of nitrogens with one attached hydrogen (secondary N) is 1. The molecule has 4 nitrogen and oxygen atoms in total. The average Bonchev–Trinajstić information content (AvgIpc) is 2.91. The van der Waals surface area contributed by atoms with Crippen molar-refractivity contribution in [1.82, 2.24) is 5.32 Å². The normalized spacial score (nSPS) is 17.5. The molecule has 122 valence electrons. The molecule has 0 aliphatic carbocycles. The van der Waals surface area contributed by atoms with Crippen LogP contribution < -0.4 is 5.32 Å². The van der Waals surface area contributed by atoms with Crippen LogP contribution in [0.15, 0.2) is 52.4 Å². The number of hydrogen-bond acceptors (Lipinski definition) is 4. The van der Waals surface area contributed by atoms with Crippen molar-refractivity contribution < 1.29 is 9.90 Å². The molecule has 1 aliphatic rings. The van der Waals surface area contributed by atoms with E-state index in [2.05, 4.69) is 17.2 Å². The molecule has 0 bridgehead atoms. The fraction of sp³-hybridized carbons (Fsp3) is 0.111. The lowest BCUT2D eigenvalue weighted by Crippen LogP contribution is -2.19. The molecule has 0 radical (unpaired) electrons. The number of thioether (sulfide) groups is 1. The van der Waals surface area contributed by atoms with Gasteiger partial charge in [0.05, 0.1) is 10.6 Å². The molecule has 0 saturated carbocycles. The molecule has 1 saturated heterocycles. The van der Waals surface area contributed by atoms with Crippen LogP contribution in [0, 0.1) is 0 Å². The summed E-state index contributed by atoms with van der Waals surface area (Å²) in [4.78, 5) is 17.0. The van der Waals surface area contributed by atoms with Gasteiger partial charge in [-0.15, -0.1) is 0 Å². The molecule has 1 amide bonds. The second-order valence-electron chi connectivity index (χ2n) is 5.20. The van der Waals surface area contributed by atoms with Crippen molar-refractivity contribution in [3.63, 3.8) is 0 Å². The predicted octanol–water partition coefficient (Wildman–Crippen LogP) is 4.50. The van der Waals surface area contributed by atoms with Gasteiger partial charge in [-0.25, -0.2) is 4.99 Å². The molecule has 0 spiro atoms. The molecule has 2 N–H and O–H groups in total. The van der Waals surface area contributed by atoms with E-state index in [1.54, 1.807) is 18.2 Å². The van der Waals surface area contributed by atoms with E-state index in [0.29, 0.717) is 20.7 Å². The Balaban J connectivity index is 1.83. The van der Waals surface area contributed by atoms with Crippen LogP contribution in [0.3, 0.4) is 0 Å². The lowest BCUT2D eigenvalue weighted by Gasteiger charge is -2.00. The zero-order valence-corrected chi connectivity index (χ0v) is 14.5. The van der Waals surface area contributed by atoms with E-state index in [0.717, 1.165) is 12.1 Å². The molecule has 1 aliphatic heterocycles. The smallest absolute Gasteiger partial charge is 0.264 e. The maximum atomic E-state index is 12.1. The first kappa shape index (κ1) is 16.6. The van der Waals surface area contributed by atoms with Crippen LogP contribution in [0.4, 0.5) is 5.69 Å². The van der Waals surface area contributed by atoms with Crippen LogP contribution in [0.5, 0.6) is 5.75 Å². The largest absolute Gasteiger partial charge is 0.507 e. The maximum Gasteiger partial charge on any atom is 0.264 e. The van der Waals surface area contributed by atoms with Gasteiger partial charge in [0, 0.05) is 10.6 Å². The number of carbonyl (C=O) groups excluding carboxylic acids is 1. The number of nitrogens with zero attached hydrogens (tertiary/aromatic N) is 1. The molecule has 1 fully saturated rings. The zero-order valence-electron chi connectivity index (χ0n) is 12.9. The Labute approximate surface area is 149 Å². The van der Waals surface area contributed by atoms with E-state index in [4.69, 9.17) is 11.6 Å². The second kappa shape index (κ2) is 7.11. The fourth-order valence-corrected chi connectivity index (χ4v) is 3.20. The Morgan fingerprint density at radius 1 is 1.25 bits per heavy atom. The van der Waals surface area contributed by atoms with Crippen LogP contribution in [0.25, 0.3) is 6.08 Å². The van der Waals surface area contributed by atoms with Crippen LogP contribution >= 0.6 is 23.4 Å². The van der Waals surface area contributed by atoms with Gasteiger partial charge >= 0.3 is 0 Å². The quantitative estimate of drug-likeness (QED) is 0.794. The molecule has 0 atom stereocenters. The number of aryl methyl sites for hydroxylation is 1. The number of halogens is 1. The summed E-state index contributed by atoms with van der Waals surface area (Å²) in [5.41, 5.74) is 2.51. The van der Waals surface area contributed by atoms with E-state index in [1.165, 1.54) is 23.4 Å². The number of benzene rings is 2. The SMILES string of the molecule is CCc1ccc(N=C2NC(=O)C(=Cc3cc(Cl)ccc3O)S2)cc1. The summed E-state index contributed by atoms with van der Waals surface area (Å²) < 4.78 is 0. The van der Waals surface area contributed by atoms with Gasteiger partial charge in [0.25, 0.3) is 5.91 Å². The highest BCUT2D eigenvalue weighted by Gasteiger charge is 2.24. The van der Waals surface area contributed by atoms with Gasteiger partial charge in [-0.1, -0.05) is 30.7 Å². The summed E-state index contributed by atoms with van der Waals surface area (Å²) in [5, 5.41) is 13.6.